The van der Waals surface area contributed by atoms with E-state index >= 15 is 0 Å². The summed E-state index contributed by atoms with van der Waals surface area (Å²) in [5.74, 6) is -1.02. The molecule has 0 atom stereocenters. The molecule has 0 aliphatic heterocycles. The Kier molecular flexibility index (Phi) is 5.34. The van der Waals surface area contributed by atoms with E-state index in [1.807, 2.05) is 0 Å². The summed E-state index contributed by atoms with van der Waals surface area (Å²) in [4.78, 5) is 26.3. The number of aromatic carboxylic acids is 1. The normalized spacial score (nSPS) is 15.8. The lowest BCUT2D eigenvalue weighted by Gasteiger charge is -2.22. The highest BCUT2D eigenvalue weighted by Gasteiger charge is 2.15. The summed E-state index contributed by atoms with van der Waals surface area (Å²) in [6.07, 6.45) is 6.29. The molecule has 1 aromatic heterocycles. The van der Waals surface area contributed by atoms with Crippen molar-refractivity contribution in [1.29, 1.82) is 0 Å². The molecule has 0 radical (unpaired) electrons. The number of nitrogens with zero attached hydrogens (tertiary/aromatic N) is 1. The van der Waals surface area contributed by atoms with Crippen molar-refractivity contribution in [2.75, 3.05) is 6.54 Å². The van der Waals surface area contributed by atoms with E-state index in [-0.39, 0.29) is 11.7 Å². The topological polar surface area (TPSA) is 91.3 Å². The fourth-order valence-electron chi connectivity index (χ4n) is 2.29. The average molecular weight is 297 g/mol. The monoisotopic (exact) mass is 297 g/mol. The van der Waals surface area contributed by atoms with Crippen LogP contribution in [0.1, 0.15) is 47.6 Å². The van der Waals surface area contributed by atoms with Gasteiger partial charge in [-0.2, -0.15) is 0 Å². The van der Waals surface area contributed by atoms with E-state index < -0.39 is 5.97 Å². The maximum atomic E-state index is 11.7. The molecule has 0 unspecified atom stereocenters. The molecule has 1 fully saturated rings. The van der Waals surface area contributed by atoms with Crippen LogP contribution in [0.15, 0.2) is 5.38 Å². The third-order valence-corrected chi connectivity index (χ3v) is 4.24. The average Bonchev–Trinajstić information content (AvgIpc) is 2.89. The van der Waals surface area contributed by atoms with Gasteiger partial charge in [0.1, 0.15) is 0 Å². The highest BCUT2D eigenvalue weighted by Crippen LogP contribution is 2.17. The molecule has 20 heavy (non-hydrogen) atoms. The SMILES string of the molecule is O=C(NCCc1nc(C(=O)O)cs1)NC1CCCCC1. The molecule has 1 aliphatic carbocycles. The summed E-state index contributed by atoms with van der Waals surface area (Å²) in [5.41, 5.74) is 0.0663. The van der Waals surface area contributed by atoms with Crippen LogP contribution in [0, 0.1) is 0 Å². The smallest absolute Gasteiger partial charge is 0.355 e. The third-order valence-electron chi connectivity index (χ3n) is 3.34. The van der Waals surface area contributed by atoms with E-state index in [1.54, 1.807) is 0 Å². The molecule has 0 saturated heterocycles. The lowest BCUT2D eigenvalue weighted by Crippen LogP contribution is -2.43. The van der Waals surface area contributed by atoms with Gasteiger partial charge in [-0.25, -0.2) is 14.6 Å². The third kappa shape index (κ3) is 4.48. The van der Waals surface area contributed by atoms with Gasteiger partial charge in [0.05, 0.1) is 5.01 Å². The molecule has 1 saturated carbocycles. The molecule has 2 amide bonds. The number of hydrogen-bond acceptors (Lipinski definition) is 4. The maximum Gasteiger partial charge on any atom is 0.355 e. The van der Waals surface area contributed by atoms with Crippen LogP contribution < -0.4 is 10.6 Å². The molecule has 0 aromatic carbocycles. The molecule has 2 rings (SSSR count). The number of aromatic nitrogens is 1. The van der Waals surface area contributed by atoms with E-state index in [9.17, 15) is 9.59 Å². The molecule has 0 spiro atoms. The first kappa shape index (κ1) is 14.8. The summed E-state index contributed by atoms with van der Waals surface area (Å²) in [7, 11) is 0. The van der Waals surface area contributed by atoms with Gasteiger partial charge in [0.15, 0.2) is 5.69 Å². The van der Waals surface area contributed by atoms with Crippen molar-refractivity contribution in [3.63, 3.8) is 0 Å². The predicted octanol–water partition coefficient (Wildman–Crippen LogP) is 2.02. The number of hydrogen-bond donors (Lipinski definition) is 3. The Bertz CT molecular complexity index is 469. The molecule has 7 heteroatoms. The van der Waals surface area contributed by atoms with Gasteiger partial charge in [-0.3, -0.25) is 0 Å². The van der Waals surface area contributed by atoms with Gasteiger partial charge in [-0.1, -0.05) is 19.3 Å². The van der Waals surface area contributed by atoms with Crippen LogP contribution in [0.3, 0.4) is 0 Å². The van der Waals surface area contributed by atoms with Crippen molar-refractivity contribution in [3.8, 4) is 0 Å². The summed E-state index contributed by atoms with van der Waals surface area (Å²) in [6, 6.07) is 0.147. The zero-order valence-corrected chi connectivity index (χ0v) is 12.0. The van der Waals surface area contributed by atoms with E-state index in [4.69, 9.17) is 5.11 Å². The van der Waals surface area contributed by atoms with E-state index in [0.29, 0.717) is 19.0 Å². The Balaban J connectivity index is 1.66. The number of carboxylic acid groups (broad SMARTS) is 1. The Morgan fingerprint density at radius 2 is 2.10 bits per heavy atom. The number of carboxylic acids is 1. The van der Waals surface area contributed by atoms with Crippen LogP contribution in [-0.4, -0.2) is 34.7 Å². The highest BCUT2D eigenvalue weighted by molar-refractivity contribution is 7.09. The van der Waals surface area contributed by atoms with Gasteiger partial charge in [0.2, 0.25) is 0 Å². The highest BCUT2D eigenvalue weighted by atomic mass is 32.1. The Labute approximate surface area is 121 Å². The summed E-state index contributed by atoms with van der Waals surface area (Å²) in [5, 5.41) is 16.7. The molecule has 110 valence electrons. The van der Waals surface area contributed by atoms with Crippen molar-refractivity contribution in [2.45, 2.75) is 44.6 Å². The Hall–Kier alpha value is -1.63. The first-order chi connectivity index (χ1) is 9.65. The standard InChI is InChI=1S/C13H19N3O3S/c17-12(18)10-8-20-11(16-10)6-7-14-13(19)15-9-4-2-1-3-5-9/h8-9H,1-7H2,(H,17,18)(H2,14,15,19). The van der Waals surface area contributed by atoms with Crippen molar-refractivity contribution in [3.05, 3.63) is 16.1 Å². The molecule has 1 aromatic rings. The van der Waals surface area contributed by atoms with Crippen LogP contribution in [0.4, 0.5) is 4.79 Å². The fraction of sp³-hybridized carbons (Fsp3) is 0.615. The lowest BCUT2D eigenvalue weighted by atomic mass is 9.96. The van der Waals surface area contributed by atoms with E-state index in [1.165, 1.54) is 36.0 Å². The summed E-state index contributed by atoms with van der Waals surface area (Å²) >= 11 is 1.30. The fourth-order valence-corrected chi connectivity index (χ4v) is 3.06. The molecule has 3 N–H and O–H groups in total. The van der Waals surface area contributed by atoms with Gasteiger partial charge in [0.25, 0.3) is 0 Å². The molecular formula is C13H19N3O3S. The van der Waals surface area contributed by atoms with Gasteiger partial charge < -0.3 is 15.7 Å². The zero-order valence-electron chi connectivity index (χ0n) is 11.2. The van der Waals surface area contributed by atoms with Crippen molar-refractivity contribution in [2.24, 2.45) is 0 Å². The van der Waals surface area contributed by atoms with Crippen LogP contribution >= 0.6 is 11.3 Å². The minimum absolute atomic E-state index is 0.0663. The lowest BCUT2D eigenvalue weighted by molar-refractivity contribution is 0.0691. The second-order valence-corrected chi connectivity index (χ2v) is 5.86. The number of urea groups is 1. The zero-order chi connectivity index (χ0) is 14.4. The number of carbonyl (C=O) groups is 2. The van der Waals surface area contributed by atoms with Gasteiger partial charge >= 0.3 is 12.0 Å². The maximum absolute atomic E-state index is 11.7. The Morgan fingerprint density at radius 1 is 1.35 bits per heavy atom. The largest absolute Gasteiger partial charge is 0.476 e. The number of amides is 2. The number of nitrogens with one attached hydrogen (secondary N) is 2. The van der Waals surface area contributed by atoms with Crippen LogP contribution in [-0.2, 0) is 6.42 Å². The van der Waals surface area contributed by atoms with Crippen molar-refractivity contribution >= 4 is 23.3 Å². The van der Waals surface area contributed by atoms with Gasteiger partial charge in [-0.05, 0) is 12.8 Å². The molecular weight excluding hydrogens is 278 g/mol. The van der Waals surface area contributed by atoms with E-state index in [2.05, 4.69) is 15.6 Å². The van der Waals surface area contributed by atoms with Crippen molar-refractivity contribution in [1.82, 2.24) is 15.6 Å². The van der Waals surface area contributed by atoms with Crippen LogP contribution in [0.25, 0.3) is 0 Å². The second kappa shape index (κ2) is 7.23. The number of thiazole rings is 1. The first-order valence-electron chi connectivity index (χ1n) is 6.87. The second-order valence-electron chi connectivity index (χ2n) is 4.92. The number of rotatable bonds is 5. The minimum atomic E-state index is -1.02. The molecule has 0 bridgehead atoms. The Morgan fingerprint density at radius 3 is 2.75 bits per heavy atom. The summed E-state index contributed by atoms with van der Waals surface area (Å²) < 4.78 is 0. The van der Waals surface area contributed by atoms with Crippen LogP contribution in [0.5, 0.6) is 0 Å². The number of carbonyl (C=O) groups excluding carboxylic acids is 1. The predicted molar refractivity (Wildman–Crippen MR) is 76.2 cm³/mol. The van der Waals surface area contributed by atoms with Gasteiger partial charge in [-0.15, -0.1) is 11.3 Å². The molecule has 1 aliphatic rings. The summed E-state index contributed by atoms with van der Waals surface area (Å²) in [6.45, 7) is 0.463. The van der Waals surface area contributed by atoms with E-state index in [0.717, 1.165) is 17.8 Å². The van der Waals surface area contributed by atoms with Crippen LogP contribution in [0.2, 0.25) is 0 Å². The minimum Gasteiger partial charge on any atom is -0.476 e. The first-order valence-corrected chi connectivity index (χ1v) is 7.75. The van der Waals surface area contributed by atoms with Crippen molar-refractivity contribution < 1.29 is 14.7 Å². The van der Waals surface area contributed by atoms with Gasteiger partial charge in [0, 0.05) is 24.4 Å². The molecule has 6 nitrogen and oxygen atoms in total. The molecule has 1 heterocycles. The quantitative estimate of drug-likeness (QED) is 0.775.